The van der Waals surface area contributed by atoms with Crippen molar-refractivity contribution in [2.24, 2.45) is 0 Å². The summed E-state index contributed by atoms with van der Waals surface area (Å²) >= 11 is 0. The third kappa shape index (κ3) is 4.38. The molecule has 1 unspecified atom stereocenters. The molecule has 1 rings (SSSR count). The van der Waals surface area contributed by atoms with Crippen LogP contribution in [0.15, 0.2) is 29.2 Å². The van der Waals surface area contributed by atoms with Gasteiger partial charge in [0.2, 0.25) is 0 Å². The molecule has 0 aliphatic carbocycles. The van der Waals surface area contributed by atoms with Crippen LogP contribution in [-0.2, 0) is 33.7 Å². The van der Waals surface area contributed by atoms with Gasteiger partial charge in [0.1, 0.15) is 0 Å². The first-order valence-electron chi connectivity index (χ1n) is 5.76. The summed E-state index contributed by atoms with van der Waals surface area (Å²) in [6.45, 7) is 1.09. The van der Waals surface area contributed by atoms with Gasteiger partial charge in [0.25, 0.3) is 5.78 Å². The number of sulfone groups is 1. The number of rotatable bonds is 5. The number of hydrogen-bond acceptors (Lipinski definition) is 7. The molecule has 0 saturated heterocycles. The molecule has 0 amide bonds. The fourth-order valence-corrected chi connectivity index (χ4v) is 2.17. The Morgan fingerprint density at radius 2 is 1.62 bits per heavy atom. The molecule has 0 saturated carbocycles. The lowest BCUT2D eigenvalue weighted by Gasteiger charge is -2.15. The van der Waals surface area contributed by atoms with Crippen molar-refractivity contribution in [3.05, 3.63) is 29.8 Å². The van der Waals surface area contributed by atoms with Crippen LogP contribution in [0, 0.1) is 0 Å². The van der Waals surface area contributed by atoms with Gasteiger partial charge in [-0.2, -0.15) is 0 Å². The summed E-state index contributed by atoms with van der Waals surface area (Å²) in [7, 11) is -2.37. The second-order valence-corrected chi connectivity index (χ2v) is 6.20. The third-order valence-electron chi connectivity index (χ3n) is 2.52. The maximum atomic E-state index is 11.8. The molecule has 0 aliphatic heterocycles. The zero-order chi connectivity index (χ0) is 16.2. The lowest BCUT2D eigenvalue weighted by Crippen LogP contribution is -2.26. The summed E-state index contributed by atoms with van der Waals surface area (Å²) in [5.74, 6) is -2.97. The molecule has 0 aliphatic rings. The van der Waals surface area contributed by atoms with E-state index in [9.17, 15) is 22.8 Å². The molecule has 0 fully saturated rings. The molecule has 1 atom stereocenters. The normalized spacial score (nSPS) is 12.3. The molecular weight excluding hydrogens is 300 g/mol. The summed E-state index contributed by atoms with van der Waals surface area (Å²) < 4.78 is 31.8. The minimum Gasteiger partial charge on any atom is -0.463 e. The molecule has 0 bridgehead atoms. The van der Waals surface area contributed by atoms with Gasteiger partial charge >= 0.3 is 11.9 Å². The molecule has 0 N–H and O–H groups in total. The highest BCUT2D eigenvalue weighted by molar-refractivity contribution is 7.90. The van der Waals surface area contributed by atoms with Crippen molar-refractivity contribution in [2.75, 3.05) is 13.4 Å². The molecule has 114 valence electrons. The van der Waals surface area contributed by atoms with Crippen LogP contribution in [0.4, 0.5) is 0 Å². The standard InChI is InChI=1S/C13H14O7S/c1-8(14)20-12(11(15)13(16)19-2)9-4-6-10(7-5-9)21(3,17)18/h4-7,12H,1-3H3. The Kier molecular flexibility index (Phi) is 5.20. The Bertz CT molecular complexity index is 658. The minimum atomic E-state index is -3.39. The molecule has 0 spiro atoms. The molecule has 1 aromatic rings. The summed E-state index contributed by atoms with van der Waals surface area (Å²) in [6, 6.07) is 5.10. The van der Waals surface area contributed by atoms with Crippen molar-refractivity contribution in [3.8, 4) is 0 Å². The van der Waals surface area contributed by atoms with Gasteiger partial charge in [0, 0.05) is 18.7 Å². The van der Waals surface area contributed by atoms with E-state index in [1.807, 2.05) is 0 Å². The molecule has 0 heterocycles. The Balaban J connectivity index is 3.18. The quantitative estimate of drug-likeness (QED) is 0.573. The van der Waals surface area contributed by atoms with Crippen molar-refractivity contribution < 1.29 is 32.3 Å². The van der Waals surface area contributed by atoms with Crippen molar-refractivity contribution in [1.82, 2.24) is 0 Å². The number of ether oxygens (including phenoxy) is 2. The molecule has 7 nitrogen and oxygen atoms in total. The molecule has 1 aromatic carbocycles. The van der Waals surface area contributed by atoms with Gasteiger partial charge in [-0.25, -0.2) is 13.2 Å². The monoisotopic (exact) mass is 314 g/mol. The van der Waals surface area contributed by atoms with Crippen LogP contribution in [0.5, 0.6) is 0 Å². The first-order chi connectivity index (χ1) is 9.66. The predicted octanol–water partition coefficient (Wildman–Crippen LogP) is 0.436. The van der Waals surface area contributed by atoms with Crippen LogP contribution in [0.3, 0.4) is 0 Å². The van der Waals surface area contributed by atoms with Crippen molar-refractivity contribution in [3.63, 3.8) is 0 Å². The van der Waals surface area contributed by atoms with E-state index in [0.29, 0.717) is 0 Å². The van der Waals surface area contributed by atoms with Crippen molar-refractivity contribution in [2.45, 2.75) is 17.9 Å². The van der Waals surface area contributed by atoms with E-state index < -0.39 is 33.7 Å². The molecule has 8 heteroatoms. The Morgan fingerprint density at radius 1 is 1.10 bits per heavy atom. The van der Waals surface area contributed by atoms with Gasteiger partial charge in [0.05, 0.1) is 12.0 Å². The van der Waals surface area contributed by atoms with E-state index in [-0.39, 0.29) is 10.5 Å². The first kappa shape index (κ1) is 16.8. The maximum absolute atomic E-state index is 11.8. The maximum Gasteiger partial charge on any atom is 0.378 e. The van der Waals surface area contributed by atoms with Gasteiger partial charge in [0.15, 0.2) is 15.9 Å². The van der Waals surface area contributed by atoms with Crippen LogP contribution in [0.2, 0.25) is 0 Å². The van der Waals surface area contributed by atoms with Gasteiger partial charge in [-0.1, -0.05) is 12.1 Å². The smallest absolute Gasteiger partial charge is 0.378 e. The lowest BCUT2D eigenvalue weighted by atomic mass is 10.1. The van der Waals surface area contributed by atoms with E-state index in [0.717, 1.165) is 20.3 Å². The van der Waals surface area contributed by atoms with E-state index in [2.05, 4.69) is 4.74 Å². The van der Waals surface area contributed by atoms with Crippen LogP contribution < -0.4 is 0 Å². The van der Waals surface area contributed by atoms with Crippen LogP contribution in [0.25, 0.3) is 0 Å². The zero-order valence-electron chi connectivity index (χ0n) is 11.7. The lowest BCUT2D eigenvalue weighted by molar-refractivity contribution is -0.162. The number of methoxy groups -OCH3 is 1. The van der Waals surface area contributed by atoms with E-state index in [1.54, 1.807) is 0 Å². The molecule has 21 heavy (non-hydrogen) atoms. The van der Waals surface area contributed by atoms with Crippen LogP contribution >= 0.6 is 0 Å². The number of hydrogen-bond donors (Lipinski definition) is 0. The third-order valence-corrected chi connectivity index (χ3v) is 3.65. The number of Topliss-reactive ketones (excluding diaryl/α,β-unsaturated/α-hetero) is 1. The second kappa shape index (κ2) is 6.49. The molecular formula is C13H14O7S. The first-order valence-corrected chi connectivity index (χ1v) is 7.65. The van der Waals surface area contributed by atoms with Crippen LogP contribution in [-0.4, -0.2) is 39.5 Å². The fraction of sp³-hybridized carbons (Fsp3) is 0.308. The Labute approximate surface area is 121 Å². The van der Waals surface area contributed by atoms with Gasteiger partial charge in [-0.15, -0.1) is 0 Å². The van der Waals surface area contributed by atoms with E-state index >= 15 is 0 Å². The molecule has 0 aromatic heterocycles. The number of carbonyl (C=O) groups excluding carboxylic acids is 3. The van der Waals surface area contributed by atoms with Gasteiger partial charge in [-0.05, 0) is 12.1 Å². The minimum absolute atomic E-state index is 0.0401. The largest absolute Gasteiger partial charge is 0.463 e. The number of esters is 2. The zero-order valence-corrected chi connectivity index (χ0v) is 12.5. The summed E-state index contributed by atoms with van der Waals surface area (Å²) in [6.07, 6.45) is -0.436. The average Bonchev–Trinajstić information content (AvgIpc) is 2.42. The van der Waals surface area contributed by atoms with E-state index in [1.165, 1.54) is 24.3 Å². The topological polar surface area (TPSA) is 104 Å². The van der Waals surface area contributed by atoms with E-state index in [4.69, 9.17) is 4.74 Å². The van der Waals surface area contributed by atoms with Gasteiger partial charge < -0.3 is 9.47 Å². The highest BCUT2D eigenvalue weighted by Crippen LogP contribution is 2.21. The number of benzene rings is 1. The van der Waals surface area contributed by atoms with Gasteiger partial charge in [-0.3, -0.25) is 9.59 Å². The van der Waals surface area contributed by atoms with Crippen molar-refractivity contribution in [1.29, 1.82) is 0 Å². The van der Waals surface area contributed by atoms with Crippen LogP contribution in [0.1, 0.15) is 18.6 Å². The number of ketones is 1. The summed E-state index contributed by atoms with van der Waals surface area (Å²) in [5.41, 5.74) is 0.174. The SMILES string of the molecule is COC(=O)C(=O)C(OC(C)=O)c1ccc(S(C)(=O)=O)cc1. The predicted molar refractivity (Wildman–Crippen MR) is 71.1 cm³/mol. The summed E-state index contributed by atoms with van der Waals surface area (Å²) in [5, 5.41) is 0. The van der Waals surface area contributed by atoms with Crippen molar-refractivity contribution >= 4 is 27.6 Å². The highest BCUT2D eigenvalue weighted by atomic mass is 32.2. The molecule has 0 radical (unpaired) electrons. The highest BCUT2D eigenvalue weighted by Gasteiger charge is 2.30. The summed E-state index contributed by atoms with van der Waals surface area (Å²) in [4.78, 5) is 34.2. The Hall–Kier alpha value is -2.22. The number of carbonyl (C=O) groups is 3. The average molecular weight is 314 g/mol. The Morgan fingerprint density at radius 3 is 2.00 bits per heavy atom. The fourth-order valence-electron chi connectivity index (χ4n) is 1.54. The second-order valence-electron chi connectivity index (χ2n) is 4.19.